The second-order valence-corrected chi connectivity index (χ2v) is 7.22. The van der Waals surface area contributed by atoms with Gasteiger partial charge in [-0.05, 0) is 56.2 Å². The molecule has 0 aliphatic carbocycles. The Labute approximate surface area is 154 Å². The third-order valence-electron chi connectivity index (χ3n) is 5.39. The fraction of sp³-hybridized carbons (Fsp3) is 0.600. The van der Waals surface area contributed by atoms with E-state index in [0.29, 0.717) is 19.4 Å². The second kappa shape index (κ2) is 9.01. The minimum atomic E-state index is -0.245. The molecule has 1 N–H and O–H groups in total. The number of amides is 3. The Morgan fingerprint density at radius 2 is 1.96 bits per heavy atom. The van der Waals surface area contributed by atoms with Gasteiger partial charge in [0.15, 0.2) is 0 Å². The van der Waals surface area contributed by atoms with Gasteiger partial charge in [-0.15, -0.1) is 0 Å². The van der Waals surface area contributed by atoms with Crippen molar-refractivity contribution in [3.05, 3.63) is 35.6 Å². The summed E-state index contributed by atoms with van der Waals surface area (Å²) in [5.74, 6) is 0.00142. The highest BCUT2D eigenvalue weighted by Gasteiger charge is 2.28. The lowest BCUT2D eigenvalue weighted by atomic mass is 9.99. The number of hydrogen-bond donors (Lipinski definition) is 1. The first kappa shape index (κ1) is 18.7. The Balaban J connectivity index is 1.45. The Kier molecular flexibility index (Phi) is 6.47. The largest absolute Gasteiger partial charge is 0.343 e. The molecule has 0 bridgehead atoms. The fourth-order valence-electron chi connectivity index (χ4n) is 3.88. The summed E-state index contributed by atoms with van der Waals surface area (Å²) in [6.07, 6.45) is 6.34. The lowest BCUT2D eigenvalue weighted by Gasteiger charge is -2.36. The minimum Gasteiger partial charge on any atom is -0.343 e. The van der Waals surface area contributed by atoms with Gasteiger partial charge in [0.05, 0.1) is 0 Å². The van der Waals surface area contributed by atoms with Gasteiger partial charge in [0, 0.05) is 38.6 Å². The van der Waals surface area contributed by atoms with Gasteiger partial charge in [0.2, 0.25) is 5.91 Å². The van der Waals surface area contributed by atoms with Crippen LogP contribution >= 0.6 is 0 Å². The Morgan fingerprint density at radius 3 is 2.69 bits per heavy atom. The number of hydrogen-bond acceptors (Lipinski definition) is 2. The van der Waals surface area contributed by atoms with E-state index in [2.05, 4.69) is 5.32 Å². The molecule has 1 atom stereocenters. The number of carbonyl (C=O) groups is 2. The molecule has 0 saturated carbocycles. The van der Waals surface area contributed by atoms with Crippen LogP contribution in [0.1, 0.15) is 44.1 Å². The van der Waals surface area contributed by atoms with E-state index in [1.165, 1.54) is 12.1 Å². The summed E-state index contributed by atoms with van der Waals surface area (Å²) in [5, 5.41) is 2.99. The number of piperidine rings is 1. The normalized spacial score (nSPS) is 20.5. The third-order valence-corrected chi connectivity index (χ3v) is 5.39. The van der Waals surface area contributed by atoms with E-state index in [1.54, 1.807) is 12.1 Å². The summed E-state index contributed by atoms with van der Waals surface area (Å²) in [5.41, 5.74) is 1.01. The van der Waals surface area contributed by atoms with Gasteiger partial charge in [0.25, 0.3) is 0 Å². The lowest BCUT2D eigenvalue weighted by Crippen LogP contribution is -2.50. The number of benzene rings is 1. The molecular formula is C20H28FN3O2. The predicted molar refractivity (Wildman–Crippen MR) is 98.3 cm³/mol. The summed E-state index contributed by atoms with van der Waals surface area (Å²) in [6.45, 7) is 2.93. The van der Waals surface area contributed by atoms with E-state index in [1.807, 2.05) is 9.80 Å². The molecule has 2 heterocycles. The first-order chi connectivity index (χ1) is 12.6. The highest BCUT2D eigenvalue weighted by atomic mass is 19.1. The molecule has 1 aromatic carbocycles. The number of likely N-dealkylation sites (tertiary alicyclic amines) is 2. The van der Waals surface area contributed by atoms with Gasteiger partial charge in [-0.1, -0.05) is 12.1 Å². The number of halogens is 1. The molecule has 2 aliphatic heterocycles. The summed E-state index contributed by atoms with van der Waals surface area (Å²) in [4.78, 5) is 28.2. The third kappa shape index (κ3) is 4.96. The van der Waals surface area contributed by atoms with E-state index >= 15 is 0 Å². The number of nitrogens with one attached hydrogen (secondary N) is 1. The highest BCUT2D eigenvalue weighted by Crippen LogP contribution is 2.21. The van der Waals surface area contributed by atoms with Crippen molar-refractivity contribution in [1.82, 2.24) is 15.1 Å². The predicted octanol–water partition coefficient (Wildman–Crippen LogP) is 2.94. The molecule has 0 spiro atoms. The van der Waals surface area contributed by atoms with Crippen LogP contribution in [0.25, 0.3) is 0 Å². The molecule has 6 heteroatoms. The van der Waals surface area contributed by atoms with Crippen molar-refractivity contribution in [1.29, 1.82) is 0 Å². The van der Waals surface area contributed by atoms with Crippen LogP contribution in [-0.2, 0) is 11.2 Å². The molecule has 0 radical (unpaired) electrons. The van der Waals surface area contributed by atoms with Gasteiger partial charge in [-0.3, -0.25) is 4.79 Å². The maximum Gasteiger partial charge on any atom is 0.317 e. The maximum atomic E-state index is 12.9. The topological polar surface area (TPSA) is 52.7 Å². The van der Waals surface area contributed by atoms with Crippen molar-refractivity contribution in [2.75, 3.05) is 26.2 Å². The quantitative estimate of drug-likeness (QED) is 0.847. The average molecular weight is 361 g/mol. The first-order valence-electron chi connectivity index (χ1n) is 9.70. The van der Waals surface area contributed by atoms with E-state index < -0.39 is 0 Å². The highest BCUT2D eigenvalue weighted by molar-refractivity contribution is 5.78. The summed E-state index contributed by atoms with van der Waals surface area (Å²) in [7, 11) is 0. The SMILES string of the molecule is O=C1CCCN1CCC1CCCCN1C(=O)NCCc1ccc(F)cc1. The van der Waals surface area contributed by atoms with Gasteiger partial charge in [-0.2, -0.15) is 0 Å². The second-order valence-electron chi connectivity index (χ2n) is 7.22. The molecule has 2 fully saturated rings. The fourth-order valence-corrected chi connectivity index (χ4v) is 3.88. The zero-order valence-corrected chi connectivity index (χ0v) is 15.3. The van der Waals surface area contributed by atoms with Crippen molar-refractivity contribution in [3.8, 4) is 0 Å². The Morgan fingerprint density at radius 1 is 1.15 bits per heavy atom. The van der Waals surface area contributed by atoms with E-state index in [9.17, 15) is 14.0 Å². The van der Waals surface area contributed by atoms with E-state index in [0.717, 1.165) is 57.3 Å². The van der Waals surface area contributed by atoms with Crippen LogP contribution in [0.2, 0.25) is 0 Å². The van der Waals surface area contributed by atoms with Crippen molar-refractivity contribution < 1.29 is 14.0 Å². The maximum absolute atomic E-state index is 12.9. The lowest BCUT2D eigenvalue weighted by molar-refractivity contribution is -0.127. The molecule has 1 unspecified atom stereocenters. The Hall–Kier alpha value is -2.11. The zero-order valence-electron chi connectivity index (χ0n) is 15.3. The molecule has 2 saturated heterocycles. The van der Waals surface area contributed by atoms with Crippen LogP contribution in [0.3, 0.4) is 0 Å². The van der Waals surface area contributed by atoms with Crippen LogP contribution in [0.15, 0.2) is 24.3 Å². The van der Waals surface area contributed by atoms with Crippen LogP contribution in [0.4, 0.5) is 9.18 Å². The molecule has 5 nitrogen and oxygen atoms in total. The van der Waals surface area contributed by atoms with Gasteiger partial charge in [-0.25, -0.2) is 9.18 Å². The number of urea groups is 1. The summed E-state index contributed by atoms with van der Waals surface area (Å²) < 4.78 is 12.9. The van der Waals surface area contributed by atoms with Crippen molar-refractivity contribution in [3.63, 3.8) is 0 Å². The average Bonchev–Trinajstić information content (AvgIpc) is 3.06. The van der Waals surface area contributed by atoms with Crippen LogP contribution in [-0.4, -0.2) is 54.0 Å². The van der Waals surface area contributed by atoms with Gasteiger partial charge < -0.3 is 15.1 Å². The molecule has 142 valence electrons. The number of nitrogens with zero attached hydrogens (tertiary/aromatic N) is 2. The summed E-state index contributed by atoms with van der Waals surface area (Å²) >= 11 is 0. The van der Waals surface area contributed by atoms with Crippen molar-refractivity contribution in [2.24, 2.45) is 0 Å². The molecule has 1 aromatic rings. The molecular weight excluding hydrogens is 333 g/mol. The number of rotatable bonds is 6. The molecule has 2 aliphatic rings. The Bertz CT molecular complexity index is 620. The molecule has 3 rings (SSSR count). The smallest absolute Gasteiger partial charge is 0.317 e. The van der Waals surface area contributed by atoms with E-state index in [-0.39, 0.29) is 23.8 Å². The molecule has 3 amide bonds. The molecule has 26 heavy (non-hydrogen) atoms. The first-order valence-corrected chi connectivity index (χ1v) is 9.70. The van der Waals surface area contributed by atoms with E-state index in [4.69, 9.17) is 0 Å². The number of carbonyl (C=O) groups excluding carboxylic acids is 2. The van der Waals surface area contributed by atoms with Crippen LogP contribution in [0.5, 0.6) is 0 Å². The van der Waals surface area contributed by atoms with Gasteiger partial charge >= 0.3 is 6.03 Å². The van der Waals surface area contributed by atoms with Crippen molar-refractivity contribution in [2.45, 2.75) is 51.0 Å². The zero-order chi connectivity index (χ0) is 18.4. The summed E-state index contributed by atoms with van der Waals surface area (Å²) in [6, 6.07) is 6.57. The monoisotopic (exact) mass is 361 g/mol. The molecule has 0 aromatic heterocycles. The van der Waals surface area contributed by atoms with Crippen LogP contribution in [0, 0.1) is 5.82 Å². The standard InChI is InChI=1S/C20H28FN3O2/c21-17-8-6-16(7-9-17)10-12-22-20(26)24-14-2-1-4-18(24)11-15-23-13-3-5-19(23)25/h6-9,18H,1-5,10-15H2,(H,22,26). The van der Waals surface area contributed by atoms with Gasteiger partial charge in [0.1, 0.15) is 5.82 Å². The van der Waals surface area contributed by atoms with Crippen molar-refractivity contribution >= 4 is 11.9 Å². The van der Waals surface area contributed by atoms with Crippen LogP contribution < -0.4 is 5.32 Å². The minimum absolute atomic E-state index is 0.0236.